The van der Waals surface area contributed by atoms with Crippen molar-refractivity contribution in [3.05, 3.63) is 11.6 Å². The van der Waals surface area contributed by atoms with Gasteiger partial charge in [0.05, 0.1) is 6.54 Å². The Morgan fingerprint density at radius 3 is 3.00 bits per heavy atom. The third-order valence-electron chi connectivity index (χ3n) is 3.03. The highest BCUT2D eigenvalue weighted by Gasteiger charge is 2.31. The molecule has 1 aliphatic heterocycles. The van der Waals surface area contributed by atoms with Crippen LogP contribution in [0.25, 0.3) is 11.7 Å². The van der Waals surface area contributed by atoms with Gasteiger partial charge in [0.15, 0.2) is 12.4 Å². The standard InChI is InChI=1S/C10H13N6O/c1-6-8-12-13-9(10-11-7(2)14-17-10)16(8)5-4-15(6)3/h6H,3-5H2,1-2H3/q+1. The molecule has 7 heteroatoms. The minimum Gasteiger partial charge on any atom is -0.330 e. The predicted molar refractivity (Wildman–Crippen MR) is 58.7 cm³/mol. The van der Waals surface area contributed by atoms with Gasteiger partial charge >= 0.3 is 0 Å². The van der Waals surface area contributed by atoms with E-state index in [1.165, 1.54) is 0 Å². The summed E-state index contributed by atoms with van der Waals surface area (Å²) in [4.78, 5) is 4.17. The van der Waals surface area contributed by atoms with Gasteiger partial charge in [0, 0.05) is 6.92 Å². The summed E-state index contributed by atoms with van der Waals surface area (Å²) in [5, 5.41) is 12.1. The van der Waals surface area contributed by atoms with Crippen LogP contribution in [0.3, 0.4) is 0 Å². The average molecular weight is 233 g/mol. The summed E-state index contributed by atoms with van der Waals surface area (Å²) in [5.74, 6) is 2.55. The lowest BCUT2D eigenvalue weighted by Gasteiger charge is -2.17. The second kappa shape index (κ2) is 3.47. The summed E-state index contributed by atoms with van der Waals surface area (Å²) in [6.45, 7) is 9.43. The minimum absolute atomic E-state index is 0.147. The molecule has 3 rings (SSSR count). The fraction of sp³-hybridized carbons (Fsp3) is 0.500. The van der Waals surface area contributed by atoms with E-state index in [-0.39, 0.29) is 6.04 Å². The molecule has 17 heavy (non-hydrogen) atoms. The molecule has 2 aromatic rings. The quantitative estimate of drug-likeness (QED) is 0.668. The number of rotatable bonds is 1. The Kier molecular flexibility index (Phi) is 2.07. The molecule has 0 spiro atoms. The Morgan fingerprint density at radius 2 is 2.29 bits per heavy atom. The van der Waals surface area contributed by atoms with Gasteiger partial charge in [0.2, 0.25) is 17.7 Å². The maximum Gasteiger partial charge on any atom is 0.295 e. The van der Waals surface area contributed by atoms with E-state index < -0.39 is 0 Å². The predicted octanol–water partition coefficient (Wildman–Crippen LogP) is 0.424. The minimum atomic E-state index is 0.147. The molecule has 0 fully saturated rings. The zero-order chi connectivity index (χ0) is 12.0. The highest BCUT2D eigenvalue weighted by atomic mass is 16.5. The highest BCUT2D eigenvalue weighted by molar-refractivity contribution is 5.40. The first-order valence-corrected chi connectivity index (χ1v) is 5.47. The van der Waals surface area contributed by atoms with E-state index in [9.17, 15) is 0 Å². The zero-order valence-electron chi connectivity index (χ0n) is 9.79. The van der Waals surface area contributed by atoms with Crippen molar-refractivity contribution in [2.75, 3.05) is 6.54 Å². The molecular formula is C10H13N6O+. The van der Waals surface area contributed by atoms with E-state index in [0.29, 0.717) is 17.5 Å². The molecule has 0 aliphatic carbocycles. The first-order chi connectivity index (χ1) is 8.16. The number of fused-ring (bicyclic) bond motifs is 1. The lowest BCUT2D eigenvalue weighted by atomic mass is 10.2. The highest BCUT2D eigenvalue weighted by Crippen LogP contribution is 2.24. The van der Waals surface area contributed by atoms with E-state index in [2.05, 4.69) is 34.0 Å². The molecule has 7 nitrogen and oxygen atoms in total. The van der Waals surface area contributed by atoms with Crippen LogP contribution in [0.15, 0.2) is 4.52 Å². The van der Waals surface area contributed by atoms with Gasteiger partial charge in [-0.25, -0.2) is 4.58 Å². The van der Waals surface area contributed by atoms with E-state index in [1.54, 1.807) is 6.92 Å². The van der Waals surface area contributed by atoms with Gasteiger partial charge < -0.3 is 4.52 Å². The summed E-state index contributed by atoms with van der Waals surface area (Å²) in [6.07, 6.45) is 0. The first-order valence-electron chi connectivity index (χ1n) is 5.47. The Morgan fingerprint density at radius 1 is 1.47 bits per heavy atom. The Bertz CT molecular complexity index is 583. The van der Waals surface area contributed by atoms with Gasteiger partial charge in [-0.1, -0.05) is 5.16 Å². The number of hydrogen-bond acceptors (Lipinski definition) is 5. The molecule has 0 N–H and O–H groups in total. The molecule has 88 valence electrons. The van der Waals surface area contributed by atoms with Crippen LogP contribution in [0, 0.1) is 6.92 Å². The number of aryl methyl sites for hydroxylation is 1. The Hall–Kier alpha value is -2.05. The number of hydrogen-bond donors (Lipinski definition) is 0. The van der Waals surface area contributed by atoms with Gasteiger partial charge in [-0.3, -0.25) is 4.57 Å². The monoisotopic (exact) mass is 233 g/mol. The van der Waals surface area contributed by atoms with Crippen LogP contribution in [-0.4, -0.2) is 42.7 Å². The molecule has 0 aromatic carbocycles. The van der Waals surface area contributed by atoms with E-state index in [4.69, 9.17) is 4.52 Å². The molecule has 3 heterocycles. The topological polar surface area (TPSA) is 72.6 Å². The second-order valence-electron chi connectivity index (χ2n) is 4.17. The van der Waals surface area contributed by atoms with Crippen LogP contribution < -0.4 is 0 Å². The number of aromatic nitrogens is 5. The van der Waals surface area contributed by atoms with Crippen LogP contribution in [0.5, 0.6) is 0 Å². The largest absolute Gasteiger partial charge is 0.330 e. The maximum atomic E-state index is 5.12. The average Bonchev–Trinajstić information content (AvgIpc) is 2.89. The van der Waals surface area contributed by atoms with Crippen molar-refractivity contribution >= 4 is 6.72 Å². The summed E-state index contributed by atoms with van der Waals surface area (Å²) in [6, 6.07) is 0.147. The summed E-state index contributed by atoms with van der Waals surface area (Å²) in [7, 11) is 0. The van der Waals surface area contributed by atoms with Gasteiger partial charge in [0.1, 0.15) is 6.72 Å². The lowest BCUT2D eigenvalue weighted by Crippen LogP contribution is -2.29. The van der Waals surface area contributed by atoms with Crippen LogP contribution in [0.4, 0.5) is 0 Å². The molecule has 2 aromatic heterocycles. The first kappa shape index (κ1) is 10.1. The van der Waals surface area contributed by atoms with E-state index in [1.807, 2.05) is 9.14 Å². The van der Waals surface area contributed by atoms with Crippen molar-refractivity contribution < 1.29 is 9.10 Å². The second-order valence-corrected chi connectivity index (χ2v) is 4.17. The van der Waals surface area contributed by atoms with Crippen molar-refractivity contribution in [3.8, 4) is 11.7 Å². The fourth-order valence-electron chi connectivity index (χ4n) is 1.98. The molecule has 0 amide bonds. The smallest absolute Gasteiger partial charge is 0.295 e. The van der Waals surface area contributed by atoms with Crippen LogP contribution in [0.2, 0.25) is 0 Å². The van der Waals surface area contributed by atoms with E-state index in [0.717, 1.165) is 18.9 Å². The van der Waals surface area contributed by atoms with Crippen molar-refractivity contribution in [1.82, 2.24) is 24.9 Å². The zero-order valence-corrected chi connectivity index (χ0v) is 9.79. The maximum absolute atomic E-state index is 5.12. The van der Waals surface area contributed by atoms with Crippen molar-refractivity contribution in [2.45, 2.75) is 26.4 Å². The Labute approximate surface area is 97.8 Å². The van der Waals surface area contributed by atoms with Crippen LogP contribution >= 0.6 is 0 Å². The van der Waals surface area contributed by atoms with Crippen LogP contribution in [-0.2, 0) is 6.54 Å². The van der Waals surface area contributed by atoms with Crippen LogP contribution in [0.1, 0.15) is 24.6 Å². The van der Waals surface area contributed by atoms with Gasteiger partial charge in [-0.2, -0.15) is 4.98 Å². The van der Waals surface area contributed by atoms with Crippen molar-refractivity contribution in [2.24, 2.45) is 0 Å². The molecule has 0 saturated carbocycles. The van der Waals surface area contributed by atoms with Gasteiger partial charge in [-0.05, 0) is 6.92 Å². The number of nitrogens with zero attached hydrogens (tertiary/aromatic N) is 6. The molecule has 1 atom stereocenters. The SMILES string of the molecule is C=[N+]1CCn2c(-c3nc(C)no3)nnc2C1C. The molecule has 0 saturated heterocycles. The summed E-state index contributed by atoms with van der Waals surface area (Å²) >= 11 is 0. The third-order valence-corrected chi connectivity index (χ3v) is 3.03. The van der Waals surface area contributed by atoms with Gasteiger partial charge in [0.25, 0.3) is 5.89 Å². The molecule has 1 aliphatic rings. The fourth-order valence-corrected chi connectivity index (χ4v) is 1.98. The summed E-state index contributed by atoms with van der Waals surface area (Å²) in [5.41, 5.74) is 0. The van der Waals surface area contributed by atoms with E-state index >= 15 is 0 Å². The molecule has 0 bridgehead atoms. The molecular weight excluding hydrogens is 220 g/mol. The summed E-state index contributed by atoms with van der Waals surface area (Å²) < 4.78 is 9.13. The Balaban J connectivity index is 2.10. The van der Waals surface area contributed by atoms with Gasteiger partial charge in [-0.15, -0.1) is 10.2 Å². The molecule has 1 unspecified atom stereocenters. The normalized spacial score (nSPS) is 19.4. The van der Waals surface area contributed by atoms with Crippen molar-refractivity contribution in [3.63, 3.8) is 0 Å². The van der Waals surface area contributed by atoms with Crippen molar-refractivity contribution in [1.29, 1.82) is 0 Å². The third kappa shape index (κ3) is 1.46. The lowest BCUT2D eigenvalue weighted by molar-refractivity contribution is -0.570. The molecule has 0 radical (unpaired) electrons.